The van der Waals surface area contributed by atoms with Crippen molar-refractivity contribution in [3.8, 4) is 5.75 Å². The molecule has 2 unspecified atom stereocenters. The predicted molar refractivity (Wildman–Crippen MR) is 84.1 cm³/mol. The van der Waals surface area contributed by atoms with Crippen molar-refractivity contribution < 1.29 is 9.53 Å². The van der Waals surface area contributed by atoms with Crippen LogP contribution in [-0.4, -0.2) is 31.0 Å². The van der Waals surface area contributed by atoms with Crippen LogP contribution in [0.1, 0.15) is 44.2 Å². The Morgan fingerprint density at radius 1 is 1.43 bits per heavy atom. The Balaban J connectivity index is 2.00. The fourth-order valence-corrected chi connectivity index (χ4v) is 2.87. The zero-order chi connectivity index (χ0) is 15.2. The molecule has 2 N–H and O–H groups in total. The molecule has 2 atom stereocenters. The fraction of sp³-hybridized carbons (Fsp3) is 0.588. The third-order valence-electron chi connectivity index (χ3n) is 4.33. The molecule has 1 amide bonds. The van der Waals surface area contributed by atoms with Crippen LogP contribution in [0.2, 0.25) is 0 Å². The molecular weight excluding hydrogens is 264 g/mol. The molecule has 0 saturated carbocycles. The summed E-state index contributed by atoms with van der Waals surface area (Å²) >= 11 is 0. The van der Waals surface area contributed by atoms with Crippen molar-refractivity contribution in [2.45, 2.75) is 38.6 Å². The quantitative estimate of drug-likeness (QED) is 0.876. The summed E-state index contributed by atoms with van der Waals surface area (Å²) in [6.45, 7) is 3.61. The molecule has 2 rings (SSSR count). The van der Waals surface area contributed by atoms with Crippen molar-refractivity contribution in [1.82, 2.24) is 4.90 Å². The van der Waals surface area contributed by atoms with Crippen molar-refractivity contribution in [3.05, 3.63) is 29.8 Å². The maximum absolute atomic E-state index is 12.4. The summed E-state index contributed by atoms with van der Waals surface area (Å²) in [6.07, 6.45) is 3.60. The average molecular weight is 290 g/mol. The lowest BCUT2D eigenvalue weighted by Gasteiger charge is -2.25. The molecule has 1 aromatic rings. The van der Waals surface area contributed by atoms with Gasteiger partial charge in [0, 0.05) is 13.0 Å². The molecule has 0 bridgehead atoms. The van der Waals surface area contributed by atoms with Crippen molar-refractivity contribution in [3.63, 3.8) is 0 Å². The number of carbonyl (C=O) groups is 1. The Bertz CT molecular complexity index is 458. The zero-order valence-corrected chi connectivity index (χ0v) is 13.0. The summed E-state index contributed by atoms with van der Waals surface area (Å²) in [5.74, 6) is 1.52. The summed E-state index contributed by atoms with van der Waals surface area (Å²) in [6, 6.07) is 8.28. The van der Waals surface area contributed by atoms with Gasteiger partial charge in [-0.05, 0) is 49.4 Å². The van der Waals surface area contributed by atoms with Gasteiger partial charge in [0.15, 0.2) is 0 Å². The minimum Gasteiger partial charge on any atom is -0.497 e. The first-order chi connectivity index (χ1) is 10.2. The lowest BCUT2D eigenvalue weighted by atomic mass is 10.0. The van der Waals surface area contributed by atoms with Gasteiger partial charge in [0.25, 0.3) is 0 Å². The van der Waals surface area contributed by atoms with Gasteiger partial charge in [-0.2, -0.15) is 0 Å². The highest BCUT2D eigenvalue weighted by Gasteiger charge is 2.29. The van der Waals surface area contributed by atoms with E-state index >= 15 is 0 Å². The number of methoxy groups -OCH3 is 1. The highest BCUT2D eigenvalue weighted by atomic mass is 16.5. The average Bonchev–Trinajstić information content (AvgIpc) is 3.01. The van der Waals surface area contributed by atoms with Crippen LogP contribution in [0.3, 0.4) is 0 Å². The third kappa shape index (κ3) is 3.97. The second kappa shape index (κ2) is 7.46. The van der Waals surface area contributed by atoms with Crippen LogP contribution in [0, 0.1) is 5.92 Å². The summed E-state index contributed by atoms with van der Waals surface area (Å²) in [5.41, 5.74) is 6.82. The molecule has 1 heterocycles. The van der Waals surface area contributed by atoms with Crippen LogP contribution in [0.5, 0.6) is 5.75 Å². The normalized spacial score (nSPS) is 19.6. The van der Waals surface area contributed by atoms with E-state index < -0.39 is 0 Å². The number of benzene rings is 1. The van der Waals surface area contributed by atoms with E-state index in [2.05, 4.69) is 19.1 Å². The molecule has 0 aromatic heterocycles. The highest BCUT2D eigenvalue weighted by Crippen LogP contribution is 2.33. The fourth-order valence-electron chi connectivity index (χ4n) is 2.87. The topological polar surface area (TPSA) is 55.6 Å². The van der Waals surface area contributed by atoms with E-state index in [-0.39, 0.29) is 11.9 Å². The summed E-state index contributed by atoms with van der Waals surface area (Å²) in [4.78, 5) is 14.5. The Morgan fingerprint density at radius 3 is 2.76 bits per heavy atom. The van der Waals surface area contributed by atoms with E-state index in [4.69, 9.17) is 10.5 Å². The van der Waals surface area contributed by atoms with Gasteiger partial charge >= 0.3 is 0 Å². The summed E-state index contributed by atoms with van der Waals surface area (Å²) < 4.78 is 5.19. The van der Waals surface area contributed by atoms with Crippen molar-refractivity contribution in [2.75, 3.05) is 20.2 Å². The molecule has 0 radical (unpaired) electrons. The number of rotatable bonds is 6. The monoisotopic (exact) mass is 290 g/mol. The minimum absolute atomic E-state index is 0.219. The molecule has 1 aliphatic rings. The maximum Gasteiger partial charge on any atom is 0.223 e. The van der Waals surface area contributed by atoms with Crippen molar-refractivity contribution >= 4 is 5.91 Å². The standard InChI is InChI=1S/C17H26N2O2/c1-13(12-18)5-10-17(20)19-11-3-4-16(19)14-6-8-15(21-2)9-7-14/h6-9,13,16H,3-5,10-12,18H2,1-2H3. The largest absolute Gasteiger partial charge is 0.497 e. The molecule has 1 saturated heterocycles. The minimum atomic E-state index is 0.219. The molecule has 0 spiro atoms. The van der Waals surface area contributed by atoms with Crippen molar-refractivity contribution in [1.29, 1.82) is 0 Å². The second-order valence-electron chi connectivity index (χ2n) is 5.90. The van der Waals surface area contributed by atoms with Gasteiger partial charge in [0.2, 0.25) is 5.91 Å². The van der Waals surface area contributed by atoms with Gasteiger partial charge in [-0.3, -0.25) is 4.79 Å². The van der Waals surface area contributed by atoms with Gasteiger partial charge in [0.1, 0.15) is 5.75 Å². The highest BCUT2D eigenvalue weighted by molar-refractivity contribution is 5.77. The Kier molecular flexibility index (Phi) is 5.62. The van der Waals surface area contributed by atoms with E-state index in [0.29, 0.717) is 18.9 Å². The Morgan fingerprint density at radius 2 is 2.14 bits per heavy atom. The molecule has 116 valence electrons. The van der Waals surface area contributed by atoms with E-state index in [1.165, 1.54) is 5.56 Å². The predicted octanol–water partition coefficient (Wildman–Crippen LogP) is 2.73. The Hall–Kier alpha value is -1.55. The lowest BCUT2D eigenvalue weighted by molar-refractivity contribution is -0.132. The molecule has 4 nitrogen and oxygen atoms in total. The number of hydrogen-bond acceptors (Lipinski definition) is 3. The van der Waals surface area contributed by atoms with Crippen molar-refractivity contribution in [2.24, 2.45) is 11.7 Å². The molecule has 1 aromatic carbocycles. The molecule has 1 fully saturated rings. The second-order valence-corrected chi connectivity index (χ2v) is 5.90. The number of nitrogens with two attached hydrogens (primary N) is 1. The summed E-state index contributed by atoms with van der Waals surface area (Å²) in [7, 11) is 1.67. The van der Waals surface area contributed by atoms with Crippen LogP contribution in [-0.2, 0) is 4.79 Å². The van der Waals surface area contributed by atoms with Gasteiger partial charge in [-0.25, -0.2) is 0 Å². The smallest absolute Gasteiger partial charge is 0.223 e. The first-order valence-corrected chi connectivity index (χ1v) is 7.79. The van der Waals surface area contributed by atoms with Gasteiger partial charge in [0.05, 0.1) is 13.2 Å². The number of likely N-dealkylation sites (tertiary alicyclic amines) is 1. The number of ether oxygens (including phenoxy) is 1. The zero-order valence-electron chi connectivity index (χ0n) is 13.0. The van der Waals surface area contributed by atoms with E-state index in [1.807, 2.05) is 17.0 Å². The molecule has 21 heavy (non-hydrogen) atoms. The lowest BCUT2D eigenvalue weighted by Crippen LogP contribution is -2.31. The maximum atomic E-state index is 12.4. The molecular formula is C17H26N2O2. The first kappa shape index (κ1) is 15.8. The van der Waals surface area contributed by atoms with Crippen LogP contribution in [0.4, 0.5) is 0 Å². The molecule has 0 aliphatic carbocycles. The number of amides is 1. The SMILES string of the molecule is COc1ccc(C2CCCN2C(=O)CCC(C)CN)cc1. The van der Waals surface area contributed by atoms with Gasteiger partial charge in [-0.15, -0.1) is 0 Å². The molecule has 1 aliphatic heterocycles. The van der Waals surface area contributed by atoms with Crippen LogP contribution < -0.4 is 10.5 Å². The number of hydrogen-bond donors (Lipinski definition) is 1. The van der Waals surface area contributed by atoms with E-state index in [9.17, 15) is 4.79 Å². The number of nitrogens with zero attached hydrogens (tertiary/aromatic N) is 1. The van der Waals surface area contributed by atoms with E-state index in [0.717, 1.165) is 31.6 Å². The van der Waals surface area contributed by atoms with Crippen LogP contribution in [0.25, 0.3) is 0 Å². The molecule has 4 heteroatoms. The van der Waals surface area contributed by atoms with Gasteiger partial charge in [-0.1, -0.05) is 19.1 Å². The third-order valence-corrected chi connectivity index (χ3v) is 4.33. The number of carbonyl (C=O) groups excluding carboxylic acids is 1. The summed E-state index contributed by atoms with van der Waals surface area (Å²) in [5, 5.41) is 0. The van der Waals surface area contributed by atoms with Gasteiger partial charge < -0.3 is 15.4 Å². The van der Waals surface area contributed by atoms with E-state index in [1.54, 1.807) is 7.11 Å². The first-order valence-electron chi connectivity index (χ1n) is 7.79. The Labute approximate surface area is 127 Å². The van der Waals surface area contributed by atoms with Crippen LogP contribution >= 0.6 is 0 Å². The van der Waals surface area contributed by atoms with Crippen LogP contribution in [0.15, 0.2) is 24.3 Å².